The SMILES string of the molecule is CN=C(NCCc1coc(-c2ccc(C)cc2)n1)N1CCC2(CCC2)C1.I. The van der Waals surface area contributed by atoms with Gasteiger partial charge >= 0.3 is 0 Å². The Morgan fingerprint density at radius 2 is 2.04 bits per heavy atom. The molecule has 1 saturated heterocycles. The van der Waals surface area contributed by atoms with Crippen LogP contribution in [0.2, 0.25) is 0 Å². The van der Waals surface area contributed by atoms with Crippen molar-refractivity contribution in [2.24, 2.45) is 10.4 Å². The van der Waals surface area contributed by atoms with E-state index in [0.717, 1.165) is 43.3 Å². The average molecular weight is 480 g/mol. The highest BCUT2D eigenvalue weighted by molar-refractivity contribution is 14.0. The Morgan fingerprint density at radius 1 is 1.26 bits per heavy atom. The number of hydrogen-bond donors (Lipinski definition) is 1. The minimum Gasteiger partial charge on any atom is -0.444 e. The predicted molar refractivity (Wildman–Crippen MR) is 120 cm³/mol. The molecule has 1 spiro atoms. The Morgan fingerprint density at radius 3 is 2.67 bits per heavy atom. The van der Waals surface area contributed by atoms with Gasteiger partial charge in [0.1, 0.15) is 6.26 Å². The van der Waals surface area contributed by atoms with E-state index in [1.54, 1.807) is 6.26 Å². The summed E-state index contributed by atoms with van der Waals surface area (Å²) >= 11 is 0. The Hall–Kier alpha value is -1.57. The molecule has 1 aromatic carbocycles. The van der Waals surface area contributed by atoms with Crippen molar-refractivity contribution < 1.29 is 4.42 Å². The van der Waals surface area contributed by atoms with Crippen molar-refractivity contribution in [1.29, 1.82) is 0 Å². The molecular formula is C21H29IN4O. The molecule has 0 amide bonds. The summed E-state index contributed by atoms with van der Waals surface area (Å²) in [6, 6.07) is 8.26. The molecule has 2 heterocycles. The number of aliphatic imine (C=N–C) groups is 1. The van der Waals surface area contributed by atoms with Gasteiger partial charge in [-0.15, -0.1) is 24.0 Å². The number of nitrogens with zero attached hydrogens (tertiary/aromatic N) is 3. The summed E-state index contributed by atoms with van der Waals surface area (Å²) in [6.07, 6.45) is 8.08. The van der Waals surface area contributed by atoms with Gasteiger partial charge in [0.25, 0.3) is 0 Å². The topological polar surface area (TPSA) is 53.7 Å². The van der Waals surface area contributed by atoms with Crippen LogP contribution >= 0.6 is 24.0 Å². The van der Waals surface area contributed by atoms with E-state index < -0.39 is 0 Å². The molecule has 4 rings (SSSR count). The fraction of sp³-hybridized carbons (Fsp3) is 0.524. The van der Waals surface area contributed by atoms with E-state index in [0.29, 0.717) is 11.3 Å². The summed E-state index contributed by atoms with van der Waals surface area (Å²) in [5, 5.41) is 3.50. The zero-order chi connectivity index (χ0) is 18.0. The third-order valence-corrected chi connectivity index (χ3v) is 5.88. The summed E-state index contributed by atoms with van der Waals surface area (Å²) in [4.78, 5) is 11.5. The van der Waals surface area contributed by atoms with Crippen molar-refractivity contribution in [3.63, 3.8) is 0 Å². The van der Waals surface area contributed by atoms with E-state index in [4.69, 9.17) is 4.42 Å². The maximum Gasteiger partial charge on any atom is 0.226 e. The van der Waals surface area contributed by atoms with Crippen molar-refractivity contribution in [2.45, 2.75) is 39.0 Å². The van der Waals surface area contributed by atoms with Gasteiger partial charge in [0.2, 0.25) is 5.89 Å². The van der Waals surface area contributed by atoms with Gasteiger partial charge < -0.3 is 14.6 Å². The van der Waals surface area contributed by atoms with Crippen LogP contribution in [-0.4, -0.2) is 42.5 Å². The molecule has 2 fully saturated rings. The highest BCUT2D eigenvalue weighted by Gasteiger charge is 2.43. The average Bonchev–Trinajstić information content (AvgIpc) is 3.27. The molecule has 0 bridgehead atoms. The highest BCUT2D eigenvalue weighted by atomic mass is 127. The highest BCUT2D eigenvalue weighted by Crippen LogP contribution is 2.47. The first-order chi connectivity index (χ1) is 12.7. The number of aromatic nitrogens is 1. The largest absolute Gasteiger partial charge is 0.444 e. The van der Waals surface area contributed by atoms with Crippen LogP contribution in [0.3, 0.4) is 0 Å². The molecule has 1 N–H and O–H groups in total. The van der Waals surface area contributed by atoms with Gasteiger partial charge in [-0.05, 0) is 43.7 Å². The number of hydrogen-bond acceptors (Lipinski definition) is 3. The van der Waals surface area contributed by atoms with Crippen LogP contribution in [0.5, 0.6) is 0 Å². The third kappa shape index (κ3) is 4.47. The fourth-order valence-corrected chi connectivity index (χ4v) is 4.09. The number of likely N-dealkylation sites (tertiary alicyclic amines) is 1. The van der Waals surface area contributed by atoms with Crippen LogP contribution in [0.1, 0.15) is 36.9 Å². The van der Waals surface area contributed by atoms with Crippen LogP contribution in [0.15, 0.2) is 39.9 Å². The third-order valence-electron chi connectivity index (χ3n) is 5.88. The van der Waals surface area contributed by atoms with Gasteiger partial charge in [-0.25, -0.2) is 4.98 Å². The summed E-state index contributed by atoms with van der Waals surface area (Å²) in [5.41, 5.74) is 3.82. The first-order valence-electron chi connectivity index (χ1n) is 9.65. The van der Waals surface area contributed by atoms with Gasteiger partial charge in [-0.1, -0.05) is 24.1 Å². The molecule has 27 heavy (non-hydrogen) atoms. The molecule has 1 aliphatic carbocycles. The molecule has 6 heteroatoms. The lowest BCUT2D eigenvalue weighted by molar-refractivity contribution is 0.151. The number of guanidine groups is 1. The number of nitrogens with one attached hydrogen (secondary N) is 1. The lowest BCUT2D eigenvalue weighted by Gasteiger charge is -2.38. The zero-order valence-corrected chi connectivity index (χ0v) is 18.5. The minimum absolute atomic E-state index is 0. The molecule has 1 aromatic heterocycles. The lowest BCUT2D eigenvalue weighted by Crippen LogP contribution is -2.43. The van der Waals surface area contributed by atoms with Crippen molar-refractivity contribution in [3.05, 3.63) is 41.8 Å². The van der Waals surface area contributed by atoms with E-state index in [1.165, 1.54) is 31.2 Å². The monoisotopic (exact) mass is 480 g/mol. The Balaban J connectivity index is 0.00000210. The smallest absolute Gasteiger partial charge is 0.226 e. The summed E-state index contributed by atoms with van der Waals surface area (Å²) in [7, 11) is 1.87. The molecule has 2 aromatic rings. The van der Waals surface area contributed by atoms with E-state index in [1.807, 2.05) is 7.05 Å². The van der Waals surface area contributed by atoms with Gasteiger partial charge in [0, 0.05) is 38.7 Å². The van der Waals surface area contributed by atoms with E-state index in [-0.39, 0.29) is 24.0 Å². The van der Waals surface area contributed by atoms with Crippen molar-refractivity contribution in [1.82, 2.24) is 15.2 Å². The van der Waals surface area contributed by atoms with E-state index in [9.17, 15) is 0 Å². The maximum absolute atomic E-state index is 5.64. The standard InChI is InChI=1S/C21H28N4O.HI/c1-16-4-6-17(7-5-16)19-24-18(14-26-19)8-12-23-20(22-2)25-13-11-21(15-25)9-3-10-21;/h4-7,14H,3,8-13,15H2,1-2H3,(H,22,23);1H. The van der Waals surface area contributed by atoms with E-state index in [2.05, 4.69) is 51.4 Å². The van der Waals surface area contributed by atoms with Gasteiger partial charge in [-0.2, -0.15) is 0 Å². The maximum atomic E-state index is 5.64. The van der Waals surface area contributed by atoms with Crippen LogP contribution in [0.25, 0.3) is 11.5 Å². The molecule has 0 radical (unpaired) electrons. The summed E-state index contributed by atoms with van der Waals surface area (Å²) < 4.78 is 5.64. The molecule has 0 atom stereocenters. The van der Waals surface area contributed by atoms with Crippen molar-refractivity contribution >= 4 is 29.9 Å². The first-order valence-corrected chi connectivity index (χ1v) is 9.65. The van der Waals surface area contributed by atoms with Crippen LogP contribution in [0.4, 0.5) is 0 Å². The molecule has 1 aliphatic heterocycles. The van der Waals surface area contributed by atoms with Crippen molar-refractivity contribution in [3.8, 4) is 11.5 Å². The van der Waals surface area contributed by atoms with Crippen molar-refractivity contribution in [2.75, 3.05) is 26.7 Å². The Kier molecular flexibility index (Phi) is 6.44. The molecule has 1 saturated carbocycles. The number of benzene rings is 1. The first kappa shape index (κ1) is 20.2. The van der Waals surface area contributed by atoms with Gasteiger partial charge in [0.15, 0.2) is 5.96 Å². The molecule has 146 valence electrons. The Bertz CT molecular complexity index is 780. The molecular weight excluding hydrogens is 451 g/mol. The Labute approximate surface area is 178 Å². The summed E-state index contributed by atoms with van der Waals surface area (Å²) in [6.45, 7) is 5.18. The van der Waals surface area contributed by atoms with Crippen LogP contribution in [-0.2, 0) is 6.42 Å². The second kappa shape index (κ2) is 8.63. The number of halogens is 1. The predicted octanol–water partition coefficient (Wildman–Crippen LogP) is 4.26. The van der Waals surface area contributed by atoms with Crippen LogP contribution < -0.4 is 5.32 Å². The number of aryl methyl sites for hydroxylation is 1. The number of rotatable bonds is 4. The molecule has 5 nitrogen and oxygen atoms in total. The lowest BCUT2D eigenvalue weighted by atomic mass is 9.68. The van der Waals surface area contributed by atoms with Crippen LogP contribution in [0, 0.1) is 12.3 Å². The quantitative estimate of drug-likeness (QED) is 0.404. The van der Waals surface area contributed by atoms with Gasteiger partial charge in [0.05, 0.1) is 5.69 Å². The van der Waals surface area contributed by atoms with Gasteiger partial charge in [-0.3, -0.25) is 4.99 Å². The fourth-order valence-electron chi connectivity index (χ4n) is 4.09. The normalized spacial score (nSPS) is 18.3. The molecule has 0 unspecified atom stereocenters. The number of oxazole rings is 1. The zero-order valence-electron chi connectivity index (χ0n) is 16.2. The van der Waals surface area contributed by atoms with E-state index >= 15 is 0 Å². The summed E-state index contributed by atoms with van der Waals surface area (Å²) in [5.74, 6) is 1.71. The second-order valence-corrected chi connectivity index (χ2v) is 7.76. The molecule has 2 aliphatic rings. The second-order valence-electron chi connectivity index (χ2n) is 7.76. The minimum atomic E-state index is 0.